The van der Waals surface area contributed by atoms with E-state index < -0.39 is 0 Å². The zero-order valence-corrected chi connectivity index (χ0v) is 10.5. The molecule has 19 heavy (non-hydrogen) atoms. The highest BCUT2D eigenvalue weighted by Crippen LogP contribution is 2.27. The van der Waals surface area contributed by atoms with Gasteiger partial charge in [-0.15, -0.1) is 5.10 Å². The Labute approximate surface area is 110 Å². The molecule has 1 amide bonds. The van der Waals surface area contributed by atoms with Crippen molar-refractivity contribution in [1.29, 1.82) is 0 Å². The topological polar surface area (TPSA) is 72.7 Å². The van der Waals surface area contributed by atoms with Crippen LogP contribution in [0.4, 0.5) is 0 Å². The second kappa shape index (κ2) is 5.17. The zero-order chi connectivity index (χ0) is 13.1. The van der Waals surface area contributed by atoms with Crippen molar-refractivity contribution in [2.24, 2.45) is 5.92 Å². The van der Waals surface area contributed by atoms with E-state index in [2.05, 4.69) is 20.8 Å². The van der Waals surface area contributed by atoms with Gasteiger partial charge in [-0.1, -0.05) is 12.1 Å². The molecular formula is C13H15N5O. The number of hydrogen-bond acceptors (Lipinski definition) is 4. The summed E-state index contributed by atoms with van der Waals surface area (Å²) in [6.07, 6.45) is 4.46. The molecule has 0 atom stereocenters. The summed E-state index contributed by atoms with van der Waals surface area (Å²) in [4.78, 5) is 11.7. The van der Waals surface area contributed by atoms with Crippen LogP contribution in [-0.4, -0.2) is 32.7 Å². The Balaban J connectivity index is 1.57. The fourth-order valence-corrected chi connectivity index (χ4v) is 1.87. The van der Waals surface area contributed by atoms with Crippen molar-refractivity contribution in [3.05, 3.63) is 36.2 Å². The Hall–Kier alpha value is -2.24. The van der Waals surface area contributed by atoms with Crippen LogP contribution in [0.1, 0.15) is 18.4 Å². The Bertz CT molecular complexity index is 545. The Morgan fingerprint density at radius 3 is 2.74 bits per heavy atom. The van der Waals surface area contributed by atoms with Gasteiger partial charge < -0.3 is 5.32 Å². The van der Waals surface area contributed by atoms with Crippen LogP contribution in [0.25, 0.3) is 5.69 Å². The highest BCUT2D eigenvalue weighted by atomic mass is 16.1. The van der Waals surface area contributed by atoms with Crippen LogP contribution in [0.2, 0.25) is 0 Å². The number of nitrogens with zero attached hydrogens (tertiary/aromatic N) is 4. The maximum atomic E-state index is 11.7. The fraction of sp³-hybridized carbons (Fsp3) is 0.385. The molecule has 2 aromatic rings. The minimum Gasteiger partial charge on any atom is -0.356 e. The minimum atomic E-state index is 0.0853. The summed E-state index contributed by atoms with van der Waals surface area (Å²) in [5.41, 5.74) is 1.87. The number of carbonyl (C=O) groups is 1. The average Bonchev–Trinajstić information content (AvgIpc) is 3.10. The smallest absolute Gasteiger partial charge is 0.224 e. The first kappa shape index (κ1) is 11.8. The van der Waals surface area contributed by atoms with E-state index in [9.17, 15) is 4.79 Å². The summed E-state index contributed by atoms with van der Waals surface area (Å²) in [7, 11) is 0. The van der Waals surface area contributed by atoms with E-state index in [0.29, 0.717) is 12.3 Å². The van der Waals surface area contributed by atoms with Gasteiger partial charge in [-0.2, -0.15) is 0 Å². The molecule has 0 radical (unpaired) electrons. The molecule has 6 heteroatoms. The lowest BCUT2D eigenvalue weighted by Gasteiger charge is -2.05. The van der Waals surface area contributed by atoms with Crippen LogP contribution in [0.3, 0.4) is 0 Å². The van der Waals surface area contributed by atoms with Crippen molar-refractivity contribution in [2.75, 3.05) is 6.54 Å². The van der Waals surface area contributed by atoms with Gasteiger partial charge in [0.2, 0.25) is 5.91 Å². The van der Waals surface area contributed by atoms with Crippen molar-refractivity contribution >= 4 is 5.91 Å². The number of amides is 1. The molecule has 0 bridgehead atoms. The number of tetrazole rings is 1. The molecule has 98 valence electrons. The average molecular weight is 257 g/mol. The molecule has 1 aromatic carbocycles. The summed E-state index contributed by atoms with van der Waals surface area (Å²) in [6.45, 7) is 0.821. The van der Waals surface area contributed by atoms with Crippen LogP contribution in [-0.2, 0) is 11.2 Å². The summed E-state index contributed by atoms with van der Waals surface area (Å²) in [5, 5.41) is 13.9. The fourth-order valence-electron chi connectivity index (χ4n) is 1.87. The van der Waals surface area contributed by atoms with E-state index in [4.69, 9.17) is 0 Å². The molecule has 1 saturated carbocycles. The molecule has 0 saturated heterocycles. The molecule has 6 nitrogen and oxygen atoms in total. The number of nitrogens with one attached hydrogen (secondary N) is 1. The third-order valence-corrected chi connectivity index (χ3v) is 3.20. The molecule has 1 aromatic heterocycles. The highest BCUT2D eigenvalue weighted by molar-refractivity contribution is 5.78. The standard InChI is InChI=1S/C13H15N5O/c19-13(14-8-11-1-2-11)7-10-3-5-12(6-4-10)18-9-15-16-17-18/h3-6,9,11H,1-2,7-8H2,(H,14,19). The van der Waals surface area contributed by atoms with E-state index in [0.717, 1.165) is 17.8 Å². The lowest BCUT2D eigenvalue weighted by atomic mass is 10.1. The molecular weight excluding hydrogens is 242 g/mol. The van der Waals surface area contributed by atoms with Gasteiger partial charge in [-0.05, 0) is 46.9 Å². The molecule has 1 aliphatic carbocycles. The minimum absolute atomic E-state index is 0.0853. The van der Waals surface area contributed by atoms with Crippen molar-refractivity contribution in [2.45, 2.75) is 19.3 Å². The van der Waals surface area contributed by atoms with E-state index in [1.807, 2.05) is 24.3 Å². The van der Waals surface area contributed by atoms with Crippen molar-refractivity contribution < 1.29 is 4.79 Å². The Kier molecular flexibility index (Phi) is 3.22. The summed E-state index contributed by atoms with van der Waals surface area (Å²) >= 11 is 0. The molecule has 1 heterocycles. The van der Waals surface area contributed by atoms with Crippen LogP contribution in [0.5, 0.6) is 0 Å². The second-order valence-corrected chi connectivity index (χ2v) is 4.85. The van der Waals surface area contributed by atoms with Gasteiger partial charge in [0.25, 0.3) is 0 Å². The maximum absolute atomic E-state index is 11.7. The number of hydrogen-bond donors (Lipinski definition) is 1. The third kappa shape index (κ3) is 3.15. The van der Waals surface area contributed by atoms with Crippen molar-refractivity contribution in [1.82, 2.24) is 25.5 Å². The van der Waals surface area contributed by atoms with Gasteiger partial charge >= 0.3 is 0 Å². The van der Waals surface area contributed by atoms with E-state index >= 15 is 0 Å². The monoisotopic (exact) mass is 257 g/mol. The third-order valence-electron chi connectivity index (χ3n) is 3.20. The largest absolute Gasteiger partial charge is 0.356 e. The van der Waals surface area contributed by atoms with Gasteiger partial charge in [0.1, 0.15) is 6.33 Å². The van der Waals surface area contributed by atoms with Gasteiger partial charge in [0, 0.05) is 6.54 Å². The van der Waals surface area contributed by atoms with Crippen LogP contribution in [0, 0.1) is 5.92 Å². The van der Waals surface area contributed by atoms with Gasteiger partial charge in [-0.3, -0.25) is 4.79 Å². The number of aromatic nitrogens is 4. The SMILES string of the molecule is O=C(Cc1ccc(-n2cnnn2)cc1)NCC1CC1. The summed E-state index contributed by atoms with van der Waals surface area (Å²) in [5.74, 6) is 0.799. The Morgan fingerprint density at radius 1 is 1.32 bits per heavy atom. The van der Waals surface area contributed by atoms with Crippen LogP contribution in [0.15, 0.2) is 30.6 Å². The summed E-state index contributed by atoms with van der Waals surface area (Å²) < 4.78 is 1.58. The van der Waals surface area contributed by atoms with Gasteiger partial charge in [0.05, 0.1) is 12.1 Å². The van der Waals surface area contributed by atoms with Crippen LogP contribution < -0.4 is 5.32 Å². The quantitative estimate of drug-likeness (QED) is 0.857. The van der Waals surface area contributed by atoms with Crippen LogP contribution >= 0.6 is 0 Å². The van der Waals surface area contributed by atoms with Gasteiger partial charge in [-0.25, -0.2) is 4.68 Å². The summed E-state index contributed by atoms with van der Waals surface area (Å²) in [6, 6.07) is 7.65. The molecule has 0 spiro atoms. The number of rotatable bonds is 5. The van der Waals surface area contributed by atoms with E-state index in [1.54, 1.807) is 4.68 Å². The molecule has 1 fully saturated rings. The molecule has 1 aliphatic rings. The lowest BCUT2D eigenvalue weighted by Crippen LogP contribution is -2.27. The number of benzene rings is 1. The predicted molar refractivity (Wildman–Crippen MR) is 68.6 cm³/mol. The molecule has 0 unspecified atom stereocenters. The maximum Gasteiger partial charge on any atom is 0.224 e. The van der Waals surface area contributed by atoms with Crippen molar-refractivity contribution in [3.63, 3.8) is 0 Å². The highest BCUT2D eigenvalue weighted by Gasteiger charge is 2.21. The van der Waals surface area contributed by atoms with Crippen molar-refractivity contribution in [3.8, 4) is 5.69 Å². The normalized spacial score (nSPS) is 14.3. The zero-order valence-electron chi connectivity index (χ0n) is 10.5. The first-order valence-corrected chi connectivity index (χ1v) is 6.40. The second-order valence-electron chi connectivity index (χ2n) is 4.85. The lowest BCUT2D eigenvalue weighted by molar-refractivity contribution is -0.120. The predicted octanol–water partition coefficient (Wildman–Crippen LogP) is 0.731. The number of carbonyl (C=O) groups excluding carboxylic acids is 1. The Morgan fingerprint density at radius 2 is 2.11 bits per heavy atom. The first-order chi connectivity index (χ1) is 9.31. The van der Waals surface area contributed by atoms with Gasteiger partial charge in [0.15, 0.2) is 0 Å². The molecule has 0 aliphatic heterocycles. The molecule has 1 N–H and O–H groups in total. The molecule has 3 rings (SSSR count). The first-order valence-electron chi connectivity index (χ1n) is 6.40. The van der Waals surface area contributed by atoms with E-state index in [-0.39, 0.29) is 5.91 Å². The van der Waals surface area contributed by atoms with E-state index in [1.165, 1.54) is 19.2 Å².